The molecule has 3 rings (SSSR count). The van der Waals surface area contributed by atoms with E-state index in [0.717, 1.165) is 8.25 Å². The molecule has 3 aromatic rings. The average Bonchev–Trinajstić information content (AvgIpc) is 2.59. The molecular formula is C17H12IN3O4. The van der Waals surface area contributed by atoms with Crippen molar-refractivity contribution in [1.29, 1.82) is 0 Å². The zero-order chi connectivity index (χ0) is 18.0. The molecule has 0 saturated heterocycles. The van der Waals surface area contributed by atoms with Gasteiger partial charge in [0.1, 0.15) is 6.54 Å². The van der Waals surface area contributed by atoms with Crippen molar-refractivity contribution in [2.75, 3.05) is 5.32 Å². The van der Waals surface area contributed by atoms with Gasteiger partial charge in [-0.1, -0.05) is 30.3 Å². The molecule has 2 aromatic carbocycles. The molecule has 1 amide bonds. The summed E-state index contributed by atoms with van der Waals surface area (Å²) >= 11 is 2.08. The summed E-state index contributed by atoms with van der Waals surface area (Å²) in [7, 11) is 0. The second kappa shape index (κ2) is 7.01. The van der Waals surface area contributed by atoms with E-state index < -0.39 is 17.4 Å². The number of nitrogens with one attached hydrogen (secondary N) is 1. The monoisotopic (exact) mass is 449 g/mol. The number of aromatic nitrogens is 2. The normalized spacial score (nSPS) is 10.6. The van der Waals surface area contributed by atoms with Crippen LogP contribution in [0.4, 0.5) is 5.69 Å². The lowest BCUT2D eigenvalue weighted by atomic mass is 10.1. The van der Waals surface area contributed by atoms with Crippen molar-refractivity contribution in [2.45, 2.75) is 6.54 Å². The molecule has 0 aliphatic rings. The van der Waals surface area contributed by atoms with Crippen molar-refractivity contribution >= 4 is 50.9 Å². The first-order valence-corrected chi connectivity index (χ1v) is 8.33. The number of fused-ring (bicyclic) bond motifs is 1. The molecule has 0 bridgehead atoms. The maximum Gasteiger partial charge on any atom is 0.357 e. The summed E-state index contributed by atoms with van der Waals surface area (Å²) in [5, 5.41) is 16.3. The number of hydrogen-bond donors (Lipinski definition) is 2. The number of rotatable bonds is 4. The number of nitrogens with zero attached hydrogens (tertiary/aromatic N) is 2. The third-order valence-corrected chi connectivity index (χ3v) is 4.45. The fourth-order valence-electron chi connectivity index (χ4n) is 2.39. The number of anilines is 1. The second-order valence-corrected chi connectivity index (χ2v) is 6.35. The Morgan fingerprint density at radius 2 is 1.72 bits per heavy atom. The largest absolute Gasteiger partial charge is 0.476 e. The maximum atomic E-state index is 12.5. The van der Waals surface area contributed by atoms with Gasteiger partial charge in [0.05, 0.1) is 11.1 Å². The van der Waals surface area contributed by atoms with Crippen molar-refractivity contribution in [1.82, 2.24) is 9.78 Å². The van der Waals surface area contributed by atoms with Gasteiger partial charge in [-0.2, -0.15) is 5.10 Å². The third-order valence-electron chi connectivity index (χ3n) is 3.51. The van der Waals surface area contributed by atoms with Crippen LogP contribution in [0.2, 0.25) is 0 Å². The molecule has 1 heterocycles. The van der Waals surface area contributed by atoms with E-state index in [1.807, 2.05) is 12.1 Å². The first-order chi connectivity index (χ1) is 12.0. The molecule has 0 saturated carbocycles. The lowest BCUT2D eigenvalue weighted by molar-refractivity contribution is -0.117. The molecule has 1 aromatic heterocycles. The minimum Gasteiger partial charge on any atom is -0.476 e. The van der Waals surface area contributed by atoms with Gasteiger partial charge in [-0.05, 0) is 40.8 Å². The molecule has 0 radical (unpaired) electrons. The Hall–Kier alpha value is -2.75. The van der Waals surface area contributed by atoms with Crippen molar-refractivity contribution in [3.63, 3.8) is 0 Å². The lowest BCUT2D eigenvalue weighted by Gasteiger charge is -2.10. The number of amides is 1. The van der Waals surface area contributed by atoms with E-state index in [1.165, 1.54) is 12.1 Å². The average molecular weight is 449 g/mol. The Morgan fingerprint density at radius 3 is 2.40 bits per heavy atom. The van der Waals surface area contributed by atoms with Crippen LogP contribution < -0.4 is 10.9 Å². The molecule has 25 heavy (non-hydrogen) atoms. The molecule has 8 heteroatoms. The molecular weight excluding hydrogens is 437 g/mol. The van der Waals surface area contributed by atoms with Gasteiger partial charge in [0.2, 0.25) is 5.91 Å². The standard InChI is InChI=1S/C17H12IN3O4/c18-12-7-3-4-8-13(12)19-14(22)9-21-16(23)11-6-2-1-5-10(11)15(20-21)17(24)25/h1-8H,9H2,(H,19,22)(H,24,25). The number of aromatic carboxylic acids is 1. The predicted octanol–water partition coefficient (Wildman–Crippen LogP) is 2.34. The topological polar surface area (TPSA) is 101 Å². The molecule has 2 N–H and O–H groups in total. The Morgan fingerprint density at radius 1 is 1.08 bits per heavy atom. The van der Waals surface area contributed by atoms with E-state index in [-0.39, 0.29) is 23.0 Å². The summed E-state index contributed by atoms with van der Waals surface area (Å²) in [6, 6.07) is 13.5. The summed E-state index contributed by atoms with van der Waals surface area (Å²) < 4.78 is 1.72. The van der Waals surface area contributed by atoms with Gasteiger partial charge >= 0.3 is 5.97 Å². The van der Waals surface area contributed by atoms with Gasteiger partial charge in [-0.15, -0.1) is 0 Å². The van der Waals surface area contributed by atoms with Crippen LogP contribution in [0.15, 0.2) is 53.3 Å². The van der Waals surface area contributed by atoms with Crippen LogP contribution in [0.5, 0.6) is 0 Å². The summed E-state index contributed by atoms with van der Waals surface area (Å²) in [6.07, 6.45) is 0. The quantitative estimate of drug-likeness (QED) is 0.596. The number of carboxylic acid groups (broad SMARTS) is 1. The Balaban J connectivity index is 1.97. The second-order valence-electron chi connectivity index (χ2n) is 5.19. The number of halogens is 1. The van der Waals surface area contributed by atoms with Crippen molar-refractivity contribution in [2.24, 2.45) is 0 Å². The third kappa shape index (κ3) is 3.53. The van der Waals surface area contributed by atoms with Gasteiger partial charge in [-0.3, -0.25) is 9.59 Å². The van der Waals surface area contributed by atoms with Crippen molar-refractivity contribution in [3.05, 3.63) is 68.1 Å². The fraction of sp³-hybridized carbons (Fsp3) is 0.0588. The van der Waals surface area contributed by atoms with Crippen molar-refractivity contribution < 1.29 is 14.7 Å². The van der Waals surface area contributed by atoms with Crippen LogP contribution >= 0.6 is 22.6 Å². The van der Waals surface area contributed by atoms with E-state index >= 15 is 0 Å². The predicted molar refractivity (Wildman–Crippen MR) is 101 cm³/mol. The van der Waals surface area contributed by atoms with Crippen molar-refractivity contribution in [3.8, 4) is 0 Å². The summed E-state index contributed by atoms with van der Waals surface area (Å²) in [5.74, 6) is -1.73. The first kappa shape index (κ1) is 17.1. The number of benzene rings is 2. The SMILES string of the molecule is O=C(Cn1nc(C(=O)O)c2ccccc2c1=O)Nc1ccccc1I. The Labute approximate surface area is 155 Å². The number of carbonyl (C=O) groups excluding carboxylic acids is 1. The summed E-state index contributed by atoms with van der Waals surface area (Å²) in [4.78, 5) is 36.1. The Bertz CT molecular complexity index is 1050. The highest BCUT2D eigenvalue weighted by atomic mass is 127. The smallest absolute Gasteiger partial charge is 0.357 e. The number of carboxylic acids is 1. The van der Waals surface area contributed by atoms with E-state index in [4.69, 9.17) is 0 Å². The highest BCUT2D eigenvalue weighted by molar-refractivity contribution is 14.1. The minimum absolute atomic E-state index is 0.206. The van der Waals surface area contributed by atoms with Gasteiger partial charge in [-0.25, -0.2) is 9.48 Å². The van der Waals surface area contributed by atoms with Gasteiger partial charge in [0.25, 0.3) is 5.56 Å². The van der Waals surface area contributed by atoms with Crippen LogP contribution in [0, 0.1) is 3.57 Å². The van der Waals surface area contributed by atoms with E-state index in [1.54, 1.807) is 24.3 Å². The minimum atomic E-state index is -1.26. The van der Waals surface area contributed by atoms with Gasteiger partial charge in [0.15, 0.2) is 5.69 Å². The summed E-state index contributed by atoms with van der Waals surface area (Å²) in [6.45, 7) is -0.380. The molecule has 0 atom stereocenters. The van der Waals surface area contributed by atoms with Gasteiger partial charge in [0, 0.05) is 8.96 Å². The number of carbonyl (C=O) groups is 2. The molecule has 0 unspecified atom stereocenters. The molecule has 126 valence electrons. The van der Waals surface area contributed by atoms with Crippen LogP contribution in [-0.2, 0) is 11.3 Å². The van der Waals surface area contributed by atoms with E-state index in [9.17, 15) is 19.5 Å². The summed E-state index contributed by atoms with van der Waals surface area (Å²) in [5.41, 5.74) is -0.170. The first-order valence-electron chi connectivity index (χ1n) is 7.25. The molecule has 0 aliphatic carbocycles. The number of para-hydroxylation sites is 1. The highest BCUT2D eigenvalue weighted by Gasteiger charge is 2.17. The highest BCUT2D eigenvalue weighted by Crippen LogP contribution is 2.17. The van der Waals surface area contributed by atoms with Crippen LogP contribution in [0.3, 0.4) is 0 Å². The zero-order valence-corrected chi connectivity index (χ0v) is 14.9. The maximum absolute atomic E-state index is 12.5. The fourth-order valence-corrected chi connectivity index (χ4v) is 2.91. The zero-order valence-electron chi connectivity index (χ0n) is 12.8. The van der Waals surface area contributed by atoms with Gasteiger partial charge < -0.3 is 10.4 Å². The van der Waals surface area contributed by atoms with E-state index in [2.05, 4.69) is 33.0 Å². The Kier molecular flexibility index (Phi) is 4.79. The molecule has 7 nitrogen and oxygen atoms in total. The van der Waals surface area contributed by atoms with Crippen LogP contribution in [0.1, 0.15) is 10.5 Å². The molecule has 0 fully saturated rings. The number of hydrogen-bond acceptors (Lipinski definition) is 4. The molecule has 0 spiro atoms. The lowest BCUT2D eigenvalue weighted by Crippen LogP contribution is -2.31. The van der Waals surface area contributed by atoms with Crippen LogP contribution in [-0.4, -0.2) is 26.8 Å². The molecule has 0 aliphatic heterocycles. The van der Waals surface area contributed by atoms with Crippen LogP contribution in [0.25, 0.3) is 10.8 Å². The van der Waals surface area contributed by atoms with E-state index in [0.29, 0.717) is 5.69 Å².